The minimum atomic E-state index is -0.520. The number of hydrogen-bond acceptors (Lipinski definition) is 2. The zero-order valence-corrected chi connectivity index (χ0v) is 12.7. The van der Waals surface area contributed by atoms with Gasteiger partial charge in [0.05, 0.1) is 6.10 Å². The SMILES string of the molecule is CCCNC(CCC1CCCO1)Cc1ccc(F)cc1F. The summed E-state index contributed by atoms with van der Waals surface area (Å²) in [6.45, 7) is 3.89. The molecule has 1 aromatic carbocycles. The molecular formula is C17H25F2NO. The summed E-state index contributed by atoms with van der Waals surface area (Å²) in [5, 5.41) is 3.47. The van der Waals surface area contributed by atoms with Crippen LogP contribution < -0.4 is 5.32 Å². The number of hydrogen-bond donors (Lipinski definition) is 1. The van der Waals surface area contributed by atoms with Crippen molar-refractivity contribution >= 4 is 0 Å². The Morgan fingerprint density at radius 1 is 1.38 bits per heavy atom. The van der Waals surface area contributed by atoms with Crippen LogP contribution in [0.1, 0.15) is 44.6 Å². The molecular weight excluding hydrogens is 272 g/mol. The zero-order valence-electron chi connectivity index (χ0n) is 12.7. The lowest BCUT2D eigenvalue weighted by atomic mass is 9.98. The molecule has 0 saturated carbocycles. The topological polar surface area (TPSA) is 21.3 Å². The van der Waals surface area contributed by atoms with Crippen LogP contribution in [0.15, 0.2) is 18.2 Å². The molecule has 2 unspecified atom stereocenters. The Hall–Kier alpha value is -1.00. The van der Waals surface area contributed by atoms with E-state index >= 15 is 0 Å². The van der Waals surface area contributed by atoms with E-state index in [1.165, 1.54) is 6.07 Å². The molecule has 2 rings (SSSR count). The van der Waals surface area contributed by atoms with Gasteiger partial charge in [-0.2, -0.15) is 0 Å². The maximum absolute atomic E-state index is 13.8. The number of rotatable bonds is 8. The average Bonchev–Trinajstić information content (AvgIpc) is 2.97. The molecule has 2 nitrogen and oxygen atoms in total. The second kappa shape index (κ2) is 8.44. The van der Waals surface area contributed by atoms with Gasteiger partial charge in [-0.15, -0.1) is 0 Å². The van der Waals surface area contributed by atoms with Crippen LogP contribution in [0.5, 0.6) is 0 Å². The first-order valence-electron chi connectivity index (χ1n) is 7.98. The Labute approximate surface area is 125 Å². The highest BCUT2D eigenvalue weighted by Gasteiger charge is 2.19. The van der Waals surface area contributed by atoms with Crippen molar-refractivity contribution in [3.63, 3.8) is 0 Å². The third-order valence-electron chi connectivity index (χ3n) is 4.03. The number of ether oxygens (including phenoxy) is 1. The van der Waals surface area contributed by atoms with Crippen molar-refractivity contribution < 1.29 is 13.5 Å². The highest BCUT2D eigenvalue weighted by Crippen LogP contribution is 2.20. The summed E-state index contributed by atoms with van der Waals surface area (Å²) >= 11 is 0. The van der Waals surface area contributed by atoms with Crippen molar-refractivity contribution in [3.05, 3.63) is 35.4 Å². The first-order chi connectivity index (χ1) is 10.2. The van der Waals surface area contributed by atoms with Crippen LogP contribution in [0.4, 0.5) is 8.78 Å². The van der Waals surface area contributed by atoms with Crippen LogP contribution in [-0.4, -0.2) is 25.3 Å². The first-order valence-corrected chi connectivity index (χ1v) is 7.98. The predicted molar refractivity (Wildman–Crippen MR) is 80.4 cm³/mol. The predicted octanol–water partition coefficient (Wildman–Crippen LogP) is 3.83. The maximum Gasteiger partial charge on any atom is 0.129 e. The summed E-state index contributed by atoms with van der Waals surface area (Å²) in [6, 6.07) is 4.06. The lowest BCUT2D eigenvalue weighted by Gasteiger charge is -2.20. The fourth-order valence-corrected chi connectivity index (χ4v) is 2.84. The van der Waals surface area contributed by atoms with Gasteiger partial charge in [0.2, 0.25) is 0 Å². The molecule has 1 aromatic rings. The van der Waals surface area contributed by atoms with E-state index in [1.807, 2.05) is 0 Å². The van der Waals surface area contributed by atoms with E-state index in [9.17, 15) is 8.78 Å². The number of halogens is 2. The molecule has 4 heteroatoms. The van der Waals surface area contributed by atoms with Gasteiger partial charge in [-0.25, -0.2) is 8.78 Å². The standard InChI is InChI=1S/C17H25F2NO/c1-2-9-20-15(7-8-16-4-3-10-21-16)11-13-5-6-14(18)12-17(13)19/h5-6,12,15-16,20H,2-4,7-11H2,1H3. The Bertz CT molecular complexity index is 433. The third-order valence-corrected chi connectivity index (χ3v) is 4.03. The third kappa shape index (κ3) is 5.36. The van der Waals surface area contributed by atoms with Gasteiger partial charge in [-0.05, 0) is 56.7 Å². The summed E-state index contributed by atoms with van der Waals surface area (Å²) in [4.78, 5) is 0. The summed E-state index contributed by atoms with van der Waals surface area (Å²) < 4.78 is 32.4. The Morgan fingerprint density at radius 2 is 2.24 bits per heavy atom. The van der Waals surface area contributed by atoms with Crippen molar-refractivity contribution in [2.75, 3.05) is 13.2 Å². The molecule has 2 atom stereocenters. The van der Waals surface area contributed by atoms with Gasteiger partial charge in [-0.1, -0.05) is 13.0 Å². The molecule has 0 spiro atoms. The largest absolute Gasteiger partial charge is 0.378 e. The minimum Gasteiger partial charge on any atom is -0.378 e. The lowest BCUT2D eigenvalue weighted by molar-refractivity contribution is 0.0995. The average molecular weight is 297 g/mol. The van der Waals surface area contributed by atoms with Crippen molar-refractivity contribution in [1.29, 1.82) is 0 Å². The summed E-state index contributed by atoms with van der Waals surface area (Å²) in [5.41, 5.74) is 0.581. The van der Waals surface area contributed by atoms with E-state index in [-0.39, 0.29) is 6.04 Å². The van der Waals surface area contributed by atoms with Gasteiger partial charge >= 0.3 is 0 Å². The molecule has 1 N–H and O–H groups in total. The van der Waals surface area contributed by atoms with E-state index < -0.39 is 11.6 Å². The minimum absolute atomic E-state index is 0.217. The van der Waals surface area contributed by atoms with Crippen LogP contribution in [0.3, 0.4) is 0 Å². The molecule has 1 heterocycles. The Balaban J connectivity index is 1.90. The molecule has 0 radical (unpaired) electrons. The van der Waals surface area contributed by atoms with Crippen molar-refractivity contribution in [3.8, 4) is 0 Å². The quantitative estimate of drug-likeness (QED) is 0.787. The molecule has 0 amide bonds. The second-order valence-electron chi connectivity index (χ2n) is 5.80. The molecule has 0 bridgehead atoms. The normalized spacial score (nSPS) is 19.9. The molecule has 1 aliphatic heterocycles. The van der Waals surface area contributed by atoms with E-state index in [0.29, 0.717) is 18.1 Å². The molecule has 1 aliphatic rings. The Kier molecular flexibility index (Phi) is 6.58. The smallest absolute Gasteiger partial charge is 0.129 e. The van der Waals surface area contributed by atoms with Crippen LogP contribution in [0.25, 0.3) is 0 Å². The molecule has 1 saturated heterocycles. The first kappa shape index (κ1) is 16.4. The number of nitrogens with one attached hydrogen (secondary N) is 1. The molecule has 21 heavy (non-hydrogen) atoms. The van der Waals surface area contributed by atoms with E-state index in [1.54, 1.807) is 6.07 Å². The lowest BCUT2D eigenvalue weighted by Crippen LogP contribution is -2.33. The highest BCUT2D eigenvalue weighted by molar-refractivity contribution is 5.19. The second-order valence-corrected chi connectivity index (χ2v) is 5.80. The molecule has 0 aliphatic carbocycles. The van der Waals surface area contributed by atoms with Gasteiger partial charge < -0.3 is 10.1 Å². The van der Waals surface area contributed by atoms with Gasteiger partial charge in [0.15, 0.2) is 0 Å². The van der Waals surface area contributed by atoms with Crippen molar-refractivity contribution in [2.24, 2.45) is 0 Å². The van der Waals surface area contributed by atoms with Gasteiger partial charge in [0.1, 0.15) is 11.6 Å². The van der Waals surface area contributed by atoms with Gasteiger partial charge in [0.25, 0.3) is 0 Å². The monoisotopic (exact) mass is 297 g/mol. The number of benzene rings is 1. The summed E-state index contributed by atoms with van der Waals surface area (Å²) in [6.07, 6.45) is 6.23. The van der Waals surface area contributed by atoms with Crippen molar-refractivity contribution in [1.82, 2.24) is 5.32 Å². The highest BCUT2D eigenvalue weighted by atomic mass is 19.1. The van der Waals surface area contributed by atoms with Crippen LogP contribution in [-0.2, 0) is 11.2 Å². The van der Waals surface area contributed by atoms with Gasteiger partial charge in [-0.3, -0.25) is 0 Å². The van der Waals surface area contributed by atoms with E-state index in [2.05, 4.69) is 12.2 Å². The van der Waals surface area contributed by atoms with Crippen molar-refractivity contribution in [2.45, 2.75) is 57.6 Å². The Morgan fingerprint density at radius 3 is 2.90 bits per heavy atom. The van der Waals surface area contributed by atoms with E-state index in [4.69, 9.17) is 4.74 Å². The molecule has 0 aromatic heterocycles. The van der Waals surface area contributed by atoms with Crippen LogP contribution in [0, 0.1) is 11.6 Å². The fraction of sp³-hybridized carbons (Fsp3) is 0.647. The zero-order chi connectivity index (χ0) is 15.1. The van der Waals surface area contributed by atoms with Crippen LogP contribution in [0.2, 0.25) is 0 Å². The van der Waals surface area contributed by atoms with E-state index in [0.717, 1.165) is 51.3 Å². The van der Waals surface area contributed by atoms with Gasteiger partial charge in [0, 0.05) is 18.7 Å². The van der Waals surface area contributed by atoms with Crippen LogP contribution >= 0.6 is 0 Å². The summed E-state index contributed by atoms with van der Waals surface area (Å²) in [5.74, 6) is -0.968. The maximum atomic E-state index is 13.8. The molecule has 1 fully saturated rings. The summed E-state index contributed by atoms with van der Waals surface area (Å²) in [7, 11) is 0. The molecule has 118 valence electrons. The fourth-order valence-electron chi connectivity index (χ4n) is 2.84.